The van der Waals surface area contributed by atoms with E-state index in [1.54, 1.807) is 6.20 Å². The van der Waals surface area contributed by atoms with E-state index < -0.39 is 6.10 Å². The molecule has 0 saturated heterocycles. The van der Waals surface area contributed by atoms with Gasteiger partial charge in [-0.25, -0.2) is 0 Å². The predicted octanol–water partition coefficient (Wildman–Crippen LogP) is 3.35. The fourth-order valence-electron chi connectivity index (χ4n) is 2.08. The van der Waals surface area contributed by atoms with Crippen LogP contribution in [0.25, 0.3) is 10.9 Å². The summed E-state index contributed by atoms with van der Waals surface area (Å²) in [5, 5.41) is 11.1. The zero-order valence-electron chi connectivity index (χ0n) is 10.9. The van der Waals surface area contributed by atoms with E-state index in [0.717, 1.165) is 16.5 Å². The molecule has 1 atom stereocenters. The van der Waals surface area contributed by atoms with Crippen LogP contribution in [0.15, 0.2) is 66.9 Å². The number of rotatable bonds is 4. The Balaban J connectivity index is 1.70. The molecule has 100 valence electrons. The van der Waals surface area contributed by atoms with Gasteiger partial charge in [-0.3, -0.25) is 4.98 Å². The standard InChI is InChI=1S/C17H15NO2/c19-17(14-5-2-1-3-6-14)12-20-15-9-8-13-7-4-10-18-16(13)11-15/h1-11,17,19H,12H2. The summed E-state index contributed by atoms with van der Waals surface area (Å²) in [6.07, 6.45) is 1.13. The van der Waals surface area contributed by atoms with Crippen molar-refractivity contribution in [2.24, 2.45) is 0 Å². The highest BCUT2D eigenvalue weighted by Gasteiger charge is 2.08. The molecule has 1 unspecified atom stereocenters. The number of hydrogen-bond donors (Lipinski definition) is 1. The first-order chi connectivity index (χ1) is 9.83. The maximum atomic E-state index is 10.1. The maximum Gasteiger partial charge on any atom is 0.121 e. The second-order valence-corrected chi connectivity index (χ2v) is 4.60. The number of benzene rings is 2. The monoisotopic (exact) mass is 265 g/mol. The van der Waals surface area contributed by atoms with Crippen molar-refractivity contribution in [3.8, 4) is 5.75 Å². The minimum absolute atomic E-state index is 0.225. The van der Waals surface area contributed by atoms with Crippen molar-refractivity contribution in [3.05, 3.63) is 72.4 Å². The Bertz CT molecular complexity index is 697. The molecule has 0 aliphatic rings. The largest absolute Gasteiger partial charge is 0.490 e. The lowest BCUT2D eigenvalue weighted by molar-refractivity contribution is 0.108. The number of fused-ring (bicyclic) bond motifs is 1. The van der Waals surface area contributed by atoms with Crippen molar-refractivity contribution in [3.63, 3.8) is 0 Å². The number of hydrogen-bond acceptors (Lipinski definition) is 3. The fraction of sp³-hybridized carbons (Fsp3) is 0.118. The molecular formula is C17H15NO2. The molecule has 0 bridgehead atoms. The Morgan fingerprint density at radius 2 is 1.85 bits per heavy atom. The molecule has 0 amide bonds. The van der Waals surface area contributed by atoms with Gasteiger partial charge in [0, 0.05) is 17.6 Å². The molecule has 2 aromatic carbocycles. The molecule has 3 heteroatoms. The van der Waals surface area contributed by atoms with Crippen LogP contribution in [0.2, 0.25) is 0 Å². The van der Waals surface area contributed by atoms with E-state index >= 15 is 0 Å². The van der Waals surface area contributed by atoms with Crippen molar-refractivity contribution in [2.75, 3.05) is 6.61 Å². The summed E-state index contributed by atoms with van der Waals surface area (Å²) < 4.78 is 5.64. The minimum atomic E-state index is -0.629. The first-order valence-electron chi connectivity index (χ1n) is 6.53. The zero-order valence-corrected chi connectivity index (χ0v) is 10.9. The lowest BCUT2D eigenvalue weighted by atomic mass is 10.1. The van der Waals surface area contributed by atoms with Crippen molar-refractivity contribution >= 4 is 10.9 Å². The van der Waals surface area contributed by atoms with E-state index in [2.05, 4.69) is 4.98 Å². The van der Waals surface area contributed by atoms with Crippen molar-refractivity contribution in [1.82, 2.24) is 4.98 Å². The molecule has 0 aliphatic heterocycles. The van der Waals surface area contributed by atoms with Gasteiger partial charge in [-0.05, 0) is 23.8 Å². The summed E-state index contributed by atoms with van der Waals surface area (Å²) in [5.74, 6) is 0.714. The third kappa shape index (κ3) is 2.78. The Labute approximate surface area is 117 Å². The average Bonchev–Trinajstić information content (AvgIpc) is 2.53. The molecule has 0 saturated carbocycles. The Hall–Kier alpha value is -2.39. The molecule has 20 heavy (non-hydrogen) atoms. The average molecular weight is 265 g/mol. The van der Waals surface area contributed by atoms with Crippen LogP contribution >= 0.6 is 0 Å². The van der Waals surface area contributed by atoms with Gasteiger partial charge in [0.25, 0.3) is 0 Å². The van der Waals surface area contributed by atoms with Gasteiger partial charge in [0.05, 0.1) is 5.52 Å². The molecule has 0 fully saturated rings. The first-order valence-corrected chi connectivity index (χ1v) is 6.53. The topological polar surface area (TPSA) is 42.4 Å². The van der Waals surface area contributed by atoms with Crippen LogP contribution in [-0.4, -0.2) is 16.7 Å². The van der Waals surface area contributed by atoms with Crippen molar-refractivity contribution in [1.29, 1.82) is 0 Å². The summed E-state index contributed by atoms with van der Waals surface area (Å²) in [4.78, 5) is 4.28. The molecule has 0 spiro atoms. The van der Waals surface area contributed by atoms with Crippen LogP contribution in [0.4, 0.5) is 0 Å². The van der Waals surface area contributed by atoms with Gasteiger partial charge >= 0.3 is 0 Å². The molecule has 1 N–H and O–H groups in total. The Morgan fingerprint density at radius 1 is 1.00 bits per heavy atom. The van der Waals surface area contributed by atoms with Gasteiger partial charge in [-0.1, -0.05) is 36.4 Å². The van der Waals surface area contributed by atoms with Gasteiger partial charge in [-0.2, -0.15) is 0 Å². The molecule has 0 radical (unpaired) electrons. The number of ether oxygens (including phenoxy) is 1. The van der Waals surface area contributed by atoms with Crippen LogP contribution in [0.1, 0.15) is 11.7 Å². The molecule has 3 nitrogen and oxygen atoms in total. The summed E-state index contributed by atoms with van der Waals surface area (Å²) in [6, 6.07) is 19.1. The molecule has 3 rings (SSSR count). The zero-order chi connectivity index (χ0) is 13.8. The Kier molecular flexibility index (Phi) is 3.61. The van der Waals surface area contributed by atoms with Crippen LogP contribution in [0.3, 0.4) is 0 Å². The Morgan fingerprint density at radius 3 is 2.70 bits per heavy atom. The normalized spacial score (nSPS) is 12.2. The first kappa shape index (κ1) is 12.6. The van der Waals surface area contributed by atoms with E-state index in [4.69, 9.17) is 4.74 Å². The van der Waals surface area contributed by atoms with E-state index in [0.29, 0.717) is 5.75 Å². The molecule has 0 aliphatic carbocycles. The van der Waals surface area contributed by atoms with E-state index in [9.17, 15) is 5.11 Å². The van der Waals surface area contributed by atoms with Gasteiger partial charge in [0.15, 0.2) is 0 Å². The summed E-state index contributed by atoms with van der Waals surface area (Å²) in [7, 11) is 0. The fourth-order valence-corrected chi connectivity index (χ4v) is 2.08. The smallest absolute Gasteiger partial charge is 0.121 e. The van der Waals surface area contributed by atoms with Gasteiger partial charge in [-0.15, -0.1) is 0 Å². The molecule has 1 heterocycles. The highest BCUT2D eigenvalue weighted by molar-refractivity contribution is 5.79. The van der Waals surface area contributed by atoms with Gasteiger partial charge in [0.1, 0.15) is 18.5 Å². The number of aliphatic hydroxyl groups excluding tert-OH is 1. The number of nitrogens with zero attached hydrogens (tertiary/aromatic N) is 1. The van der Waals surface area contributed by atoms with Crippen LogP contribution in [-0.2, 0) is 0 Å². The van der Waals surface area contributed by atoms with Gasteiger partial charge < -0.3 is 9.84 Å². The van der Waals surface area contributed by atoms with Crippen LogP contribution in [0.5, 0.6) is 5.75 Å². The summed E-state index contributed by atoms with van der Waals surface area (Å²) in [5.41, 5.74) is 1.74. The van der Waals surface area contributed by atoms with Crippen LogP contribution < -0.4 is 4.74 Å². The number of pyridine rings is 1. The van der Waals surface area contributed by atoms with E-state index in [-0.39, 0.29) is 6.61 Å². The van der Waals surface area contributed by atoms with Crippen molar-refractivity contribution in [2.45, 2.75) is 6.10 Å². The molecule has 3 aromatic rings. The summed E-state index contributed by atoms with van der Waals surface area (Å²) in [6.45, 7) is 0.225. The molecular weight excluding hydrogens is 250 g/mol. The minimum Gasteiger partial charge on any atom is -0.490 e. The third-order valence-electron chi connectivity index (χ3n) is 3.17. The lowest BCUT2D eigenvalue weighted by Crippen LogP contribution is -2.09. The maximum absolute atomic E-state index is 10.1. The van der Waals surface area contributed by atoms with E-state index in [1.165, 1.54) is 0 Å². The van der Waals surface area contributed by atoms with Gasteiger partial charge in [0.2, 0.25) is 0 Å². The quantitative estimate of drug-likeness (QED) is 0.786. The third-order valence-corrected chi connectivity index (χ3v) is 3.17. The highest BCUT2D eigenvalue weighted by atomic mass is 16.5. The highest BCUT2D eigenvalue weighted by Crippen LogP contribution is 2.20. The number of aliphatic hydroxyl groups is 1. The number of aromatic nitrogens is 1. The SMILES string of the molecule is OC(COc1ccc2cccnc2c1)c1ccccc1. The van der Waals surface area contributed by atoms with Crippen LogP contribution in [0, 0.1) is 0 Å². The van der Waals surface area contributed by atoms with Crippen molar-refractivity contribution < 1.29 is 9.84 Å². The summed E-state index contributed by atoms with van der Waals surface area (Å²) >= 11 is 0. The second kappa shape index (κ2) is 5.72. The second-order valence-electron chi connectivity index (χ2n) is 4.60. The lowest BCUT2D eigenvalue weighted by Gasteiger charge is -2.12. The van der Waals surface area contributed by atoms with E-state index in [1.807, 2.05) is 60.7 Å². The molecule has 1 aromatic heterocycles. The predicted molar refractivity (Wildman–Crippen MR) is 78.6 cm³/mol.